The normalized spacial score (nSPS) is 9.36. The van der Waals surface area contributed by atoms with Gasteiger partial charge in [-0.3, -0.25) is 0 Å². The first-order valence-electron chi connectivity index (χ1n) is 3.79. The van der Waals surface area contributed by atoms with Crippen LogP contribution in [0.1, 0.15) is 5.56 Å². The Morgan fingerprint density at radius 1 is 1.50 bits per heavy atom. The van der Waals surface area contributed by atoms with Crippen molar-refractivity contribution in [3.8, 4) is 6.07 Å². The molecule has 0 radical (unpaired) electrons. The SMILES string of the molecule is N#Cc1cccnc1Nc1cnns1. The molecule has 2 aromatic heterocycles. The minimum absolute atomic E-state index is 0.501. The third-order valence-corrected chi connectivity index (χ3v) is 2.11. The van der Waals surface area contributed by atoms with Crippen LogP contribution in [-0.2, 0) is 0 Å². The van der Waals surface area contributed by atoms with Gasteiger partial charge in [-0.1, -0.05) is 4.49 Å². The molecule has 5 nitrogen and oxygen atoms in total. The summed E-state index contributed by atoms with van der Waals surface area (Å²) in [5.74, 6) is 0.529. The van der Waals surface area contributed by atoms with Crippen LogP contribution in [0.25, 0.3) is 0 Å². The molecular formula is C8H5N5S. The van der Waals surface area contributed by atoms with E-state index in [1.807, 2.05) is 6.07 Å². The Balaban J connectivity index is 2.30. The maximum Gasteiger partial charge on any atom is 0.148 e. The summed E-state index contributed by atoms with van der Waals surface area (Å²) >= 11 is 1.22. The molecule has 2 heterocycles. The zero-order valence-electron chi connectivity index (χ0n) is 7.01. The highest BCUT2D eigenvalue weighted by atomic mass is 32.1. The van der Waals surface area contributed by atoms with Crippen LogP contribution in [0.2, 0.25) is 0 Å². The molecule has 68 valence electrons. The number of aromatic nitrogens is 3. The van der Waals surface area contributed by atoms with E-state index >= 15 is 0 Å². The maximum atomic E-state index is 8.79. The van der Waals surface area contributed by atoms with Crippen LogP contribution in [0.15, 0.2) is 24.5 Å². The summed E-state index contributed by atoms with van der Waals surface area (Å²) in [6, 6.07) is 5.46. The van der Waals surface area contributed by atoms with Crippen molar-refractivity contribution in [3.05, 3.63) is 30.1 Å². The van der Waals surface area contributed by atoms with E-state index in [-0.39, 0.29) is 0 Å². The van der Waals surface area contributed by atoms with E-state index in [4.69, 9.17) is 5.26 Å². The second kappa shape index (κ2) is 3.81. The van der Waals surface area contributed by atoms with Crippen LogP contribution in [0.3, 0.4) is 0 Å². The Kier molecular flexibility index (Phi) is 2.34. The highest BCUT2D eigenvalue weighted by Gasteiger charge is 2.03. The van der Waals surface area contributed by atoms with Crippen LogP contribution in [0.4, 0.5) is 10.8 Å². The third kappa shape index (κ3) is 1.67. The number of nitriles is 1. The first-order chi connectivity index (χ1) is 6.90. The summed E-state index contributed by atoms with van der Waals surface area (Å²) in [5.41, 5.74) is 0.501. The largest absolute Gasteiger partial charge is 0.328 e. The molecule has 1 N–H and O–H groups in total. The van der Waals surface area contributed by atoms with Gasteiger partial charge in [0.05, 0.1) is 11.8 Å². The molecule has 0 bridgehead atoms. The molecule has 2 rings (SSSR count). The fourth-order valence-corrected chi connectivity index (χ4v) is 1.35. The molecule has 0 fully saturated rings. The predicted molar refractivity (Wildman–Crippen MR) is 52.1 cm³/mol. The molecule has 0 amide bonds. The van der Waals surface area contributed by atoms with Crippen molar-refractivity contribution >= 4 is 22.4 Å². The van der Waals surface area contributed by atoms with Crippen molar-refractivity contribution in [1.82, 2.24) is 14.6 Å². The van der Waals surface area contributed by atoms with Crippen molar-refractivity contribution < 1.29 is 0 Å². The highest BCUT2D eigenvalue weighted by molar-refractivity contribution is 7.09. The summed E-state index contributed by atoms with van der Waals surface area (Å²) in [4.78, 5) is 4.04. The van der Waals surface area contributed by atoms with Gasteiger partial charge in [-0.25, -0.2) is 4.98 Å². The maximum absolute atomic E-state index is 8.79. The lowest BCUT2D eigenvalue weighted by atomic mass is 10.3. The van der Waals surface area contributed by atoms with Crippen molar-refractivity contribution in [2.75, 3.05) is 5.32 Å². The minimum atomic E-state index is 0.501. The smallest absolute Gasteiger partial charge is 0.148 e. The van der Waals surface area contributed by atoms with E-state index in [0.717, 1.165) is 5.00 Å². The van der Waals surface area contributed by atoms with Crippen molar-refractivity contribution in [1.29, 1.82) is 5.26 Å². The van der Waals surface area contributed by atoms with Gasteiger partial charge in [-0.15, -0.1) is 5.10 Å². The molecule has 0 saturated carbocycles. The Labute approximate surface area is 84.2 Å². The van der Waals surface area contributed by atoms with Gasteiger partial charge in [-0.05, 0) is 12.1 Å². The molecule has 0 spiro atoms. The van der Waals surface area contributed by atoms with Crippen LogP contribution >= 0.6 is 11.5 Å². The molecule has 0 unspecified atom stereocenters. The lowest BCUT2D eigenvalue weighted by Gasteiger charge is -2.01. The fraction of sp³-hybridized carbons (Fsp3) is 0. The van der Waals surface area contributed by atoms with E-state index in [9.17, 15) is 0 Å². The number of nitrogens with zero attached hydrogens (tertiary/aromatic N) is 4. The zero-order chi connectivity index (χ0) is 9.80. The molecule has 2 aromatic rings. The molecule has 0 aliphatic carbocycles. The molecule has 14 heavy (non-hydrogen) atoms. The van der Waals surface area contributed by atoms with Gasteiger partial charge in [0.25, 0.3) is 0 Å². The quantitative estimate of drug-likeness (QED) is 0.801. The average Bonchev–Trinajstić information content (AvgIpc) is 2.71. The lowest BCUT2D eigenvalue weighted by molar-refractivity contribution is 1.16. The van der Waals surface area contributed by atoms with Crippen molar-refractivity contribution in [3.63, 3.8) is 0 Å². The van der Waals surface area contributed by atoms with E-state index < -0.39 is 0 Å². The number of pyridine rings is 1. The number of hydrogen-bond donors (Lipinski definition) is 1. The van der Waals surface area contributed by atoms with Gasteiger partial charge in [0, 0.05) is 17.7 Å². The Morgan fingerprint density at radius 2 is 2.43 bits per heavy atom. The number of rotatable bonds is 2. The van der Waals surface area contributed by atoms with Crippen LogP contribution < -0.4 is 5.32 Å². The summed E-state index contributed by atoms with van der Waals surface area (Å²) < 4.78 is 3.69. The molecule has 0 aromatic carbocycles. The molecule has 0 atom stereocenters. The average molecular weight is 203 g/mol. The zero-order valence-corrected chi connectivity index (χ0v) is 7.82. The highest BCUT2D eigenvalue weighted by Crippen LogP contribution is 2.18. The first-order valence-corrected chi connectivity index (χ1v) is 4.57. The summed E-state index contributed by atoms with van der Waals surface area (Å²) in [5, 5.41) is 16.2. The van der Waals surface area contributed by atoms with Crippen molar-refractivity contribution in [2.45, 2.75) is 0 Å². The second-order valence-electron chi connectivity index (χ2n) is 2.42. The minimum Gasteiger partial charge on any atom is -0.328 e. The van der Waals surface area contributed by atoms with Gasteiger partial charge in [0.15, 0.2) is 0 Å². The first kappa shape index (κ1) is 8.59. The lowest BCUT2D eigenvalue weighted by Crippen LogP contribution is -1.94. The van der Waals surface area contributed by atoms with Crippen LogP contribution in [0, 0.1) is 11.3 Å². The van der Waals surface area contributed by atoms with Gasteiger partial charge in [-0.2, -0.15) is 5.26 Å². The Bertz CT molecular complexity index is 459. The van der Waals surface area contributed by atoms with Gasteiger partial charge in [0.1, 0.15) is 16.9 Å². The summed E-state index contributed by atoms with van der Waals surface area (Å²) in [7, 11) is 0. The second-order valence-corrected chi connectivity index (χ2v) is 3.20. The van der Waals surface area contributed by atoms with Gasteiger partial charge in [0.2, 0.25) is 0 Å². The molecule has 0 saturated heterocycles. The topological polar surface area (TPSA) is 74.5 Å². The molecule has 0 aliphatic rings. The summed E-state index contributed by atoms with van der Waals surface area (Å²) in [6.07, 6.45) is 3.21. The monoisotopic (exact) mass is 203 g/mol. The van der Waals surface area contributed by atoms with E-state index in [1.54, 1.807) is 24.5 Å². The molecular weight excluding hydrogens is 198 g/mol. The van der Waals surface area contributed by atoms with Crippen LogP contribution in [0.5, 0.6) is 0 Å². The van der Waals surface area contributed by atoms with Gasteiger partial charge >= 0.3 is 0 Å². The number of hydrogen-bond acceptors (Lipinski definition) is 6. The standard InChI is InChI=1S/C8H5N5S/c9-4-6-2-1-3-10-8(6)12-7-5-11-13-14-7/h1-3,5H,(H,10,12). The van der Waals surface area contributed by atoms with Gasteiger partial charge < -0.3 is 5.32 Å². The van der Waals surface area contributed by atoms with Crippen LogP contribution in [-0.4, -0.2) is 14.6 Å². The molecule has 6 heteroatoms. The van der Waals surface area contributed by atoms with E-state index in [2.05, 4.69) is 19.9 Å². The number of nitrogens with one attached hydrogen (secondary N) is 1. The summed E-state index contributed by atoms with van der Waals surface area (Å²) in [6.45, 7) is 0. The third-order valence-electron chi connectivity index (χ3n) is 1.53. The number of anilines is 2. The fourth-order valence-electron chi connectivity index (χ4n) is 0.934. The Hall–Kier alpha value is -2.00. The van der Waals surface area contributed by atoms with E-state index in [0.29, 0.717) is 11.4 Å². The van der Waals surface area contributed by atoms with E-state index in [1.165, 1.54) is 11.5 Å². The van der Waals surface area contributed by atoms with Crippen molar-refractivity contribution in [2.24, 2.45) is 0 Å². The predicted octanol–water partition coefficient (Wildman–Crippen LogP) is 1.55. The Morgan fingerprint density at radius 3 is 3.14 bits per heavy atom. The molecule has 0 aliphatic heterocycles.